The van der Waals surface area contributed by atoms with Gasteiger partial charge < -0.3 is 4.90 Å². The first-order valence-electron chi connectivity index (χ1n) is 7.91. The number of amides is 1. The molecule has 2 aliphatic rings. The molecule has 0 atom stereocenters. The normalized spacial score (nSPS) is 17.2. The van der Waals surface area contributed by atoms with Crippen molar-refractivity contribution in [3.63, 3.8) is 0 Å². The molecule has 7 heteroatoms. The van der Waals surface area contributed by atoms with Crippen LogP contribution in [0.25, 0.3) is 0 Å². The Bertz CT molecular complexity index is 820. The molecule has 1 amide bonds. The van der Waals surface area contributed by atoms with E-state index in [9.17, 15) is 9.59 Å². The van der Waals surface area contributed by atoms with Crippen LogP contribution >= 0.6 is 11.3 Å². The number of likely N-dealkylation sites (tertiary alicyclic amines) is 1. The smallest absolute Gasteiger partial charge is 0.273 e. The molecule has 0 radical (unpaired) electrons. The van der Waals surface area contributed by atoms with E-state index in [1.54, 1.807) is 21.0 Å². The van der Waals surface area contributed by atoms with Gasteiger partial charge in [0.25, 0.3) is 11.5 Å². The lowest BCUT2D eigenvalue weighted by Gasteiger charge is -2.38. The lowest BCUT2D eigenvalue weighted by molar-refractivity contribution is 0.0452. The van der Waals surface area contributed by atoms with E-state index in [-0.39, 0.29) is 11.5 Å². The molecule has 0 N–H and O–H groups in total. The number of rotatable bonds is 3. The van der Waals surface area contributed by atoms with Gasteiger partial charge in [0.2, 0.25) is 0 Å². The van der Waals surface area contributed by atoms with E-state index in [2.05, 4.69) is 10.1 Å². The third-order valence-corrected chi connectivity index (χ3v) is 5.31. The Balaban J connectivity index is 1.40. The van der Waals surface area contributed by atoms with Crippen molar-refractivity contribution >= 4 is 17.2 Å². The minimum Gasteiger partial charge on any atom is -0.336 e. The van der Waals surface area contributed by atoms with Gasteiger partial charge in [0, 0.05) is 30.5 Å². The molecule has 0 aromatic carbocycles. The Morgan fingerprint density at radius 1 is 1.39 bits per heavy atom. The van der Waals surface area contributed by atoms with Crippen molar-refractivity contribution in [2.45, 2.75) is 32.7 Å². The van der Waals surface area contributed by atoms with Gasteiger partial charge in [0.15, 0.2) is 0 Å². The summed E-state index contributed by atoms with van der Waals surface area (Å²) in [5.74, 6) is 0.281. The second-order valence-electron chi connectivity index (χ2n) is 6.32. The number of hydrogen-bond acceptors (Lipinski definition) is 5. The minimum absolute atomic E-state index is 0.0140. The van der Waals surface area contributed by atoms with Crippen LogP contribution in [0.5, 0.6) is 0 Å². The van der Waals surface area contributed by atoms with Gasteiger partial charge in [-0.15, -0.1) is 11.3 Å². The second kappa shape index (κ2) is 5.56. The summed E-state index contributed by atoms with van der Waals surface area (Å²) < 4.78 is 1.57. The van der Waals surface area contributed by atoms with Gasteiger partial charge in [0.05, 0.1) is 17.2 Å². The Morgan fingerprint density at radius 3 is 2.96 bits per heavy atom. The molecule has 2 aromatic heterocycles. The number of carbonyl (C=O) groups is 1. The fraction of sp³-hybridized carbons (Fsp3) is 0.500. The Morgan fingerprint density at radius 2 is 2.22 bits per heavy atom. The zero-order valence-electron chi connectivity index (χ0n) is 13.0. The van der Waals surface area contributed by atoms with Crippen LogP contribution in [0.15, 0.2) is 16.2 Å². The Hall–Kier alpha value is -2.02. The van der Waals surface area contributed by atoms with Crippen molar-refractivity contribution < 1.29 is 4.79 Å². The minimum atomic E-state index is -0.0226. The molecule has 1 fully saturated rings. The third kappa shape index (κ3) is 2.69. The van der Waals surface area contributed by atoms with E-state index in [4.69, 9.17) is 0 Å². The molecule has 120 valence electrons. The van der Waals surface area contributed by atoms with E-state index >= 15 is 0 Å². The number of fused-ring (bicyclic) bond motifs is 1. The monoisotopic (exact) mass is 330 g/mol. The van der Waals surface area contributed by atoms with Crippen LogP contribution < -0.4 is 5.56 Å². The van der Waals surface area contributed by atoms with Crippen LogP contribution in [0.3, 0.4) is 0 Å². The van der Waals surface area contributed by atoms with Gasteiger partial charge in [0.1, 0.15) is 5.69 Å². The number of hydrogen-bond donors (Lipinski definition) is 0. The largest absolute Gasteiger partial charge is 0.336 e. The average Bonchev–Trinajstić information content (AvgIpc) is 3.10. The molecule has 0 saturated carbocycles. The maximum absolute atomic E-state index is 12.2. The molecule has 0 spiro atoms. The zero-order chi connectivity index (χ0) is 16.0. The summed E-state index contributed by atoms with van der Waals surface area (Å²) in [6.45, 7) is 3.82. The molecule has 4 rings (SSSR count). The van der Waals surface area contributed by atoms with E-state index in [1.807, 2.05) is 6.92 Å². The maximum atomic E-state index is 12.2. The predicted octanol–water partition coefficient (Wildman–Crippen LogP) is 1.27. The molecule has 3 heterocycles. The van der Waals surface area contributed by atoms with Gasteiger partial charge in [-0.25, -0.2) is 9.67 Å². The summed E-state index contributed by atoms with van der Waals surface area (Å²) in [5, 5.41) is 7.20. The first kappa shape index (κ1) is 14.6. The summed E-state index contributed by atoms with van der Waals surface area (Å²) in [5.41, 5.74) is 2.68. The quantitative estimate of drug-likeness (QED) is 0.850. The molecule has 23 heavy (non-hydrogen) atoms. The first-order chi connectivity index (χ1) is 11.1. The molecular formula is C16H18N4O2S. The van der Waals surface area contributed by atoms with E-state index in [0.717, 1.165) is 35.5 Å². The van der Waals surface area contributed by atoms with Gasteiger partial charge in [-0.05, 0) is 31.7 Å². The summed E-state index contributed by atoms with van der Waals surface area (Å²) >= 11 is 1.49. The predicted molar refractivity (Wildman–Crippen MR) is 86.8 cm³/mol. The first-order valence-corrected chi connectivity index (χ1v) is 8.79. The van der Waals surface area contributed by atoms with Crippen molar-refractivity contribution in [2.24, 2.45) is 5.92 Å². The number of aromatic nitrogens is 3. The van der Waals surface area contributed by atoms with Crippen LogP contribution in [0.4, 0.5) is 0 Å². The SMILES string of the molecule is Cc1nc(C(=O)N2CC(Cn3nc4c(cc3=O)CCC4)C2)cs1. The topological polar surface area (TPSA) is 68.1 Å². The fourth-order valence-electron chi connectivity index (χ4n) is 3.29. The fourth-order valence-corrected chi connectivity index (χ4v) is 3.88. The van der Waals surface area contributed by atoms with Crippen LogP contribution in [-0.4, -0.2) is 38.7 Å². The van der Waals surface area contributed by atoms with E-state index < -0.39 is 0 Å². The lowest BCUT2D eigenvalue weighted by Crippen LogP contribution is -2.52. The third-order valence-electron chi connectivity index (χ3n) is 4.54. The van der Waals surface area contributed by atoms with Gasteiger partial charge in [-0.3, -0.25) is 9.59 Å². The zero-order valence-corrected chi connectivity index (χ0v) is 13.8. The van der Waals surface area contributed by atoms with Crippen molar-refractivity contribution in [2.75, 3.05) is 13.1 Å². The van der Waals surface area contributed by atoms with Crippen molar-refractivity contribution in [1.29, 1.82) is 0 Å². The lowest BCUT2D eigenvalue weighted by atomic mass is 10.00. The maximum Gasteiger partial charge on any atom is 0.273 e. The summed E-state index contributed by atoms with van der Waals surface area (Å²) in [6.07, 6.45) is 3.02. The molecule has 2 aromatic rings. The molecule has 0 unspecified atom stereocenters. The van der Waals surface area contributed by atoms with Crippen molar-refractivity contribution in [3.8, 4) is 0 Å². The number of carbonyl (C=O) groups excluding carboxylic acids is 1. The molecule has 6 nitrogen and oxygen atoms in total. The average molecular weight is 330 g/mol. The van der Waals surface area contributed by atoms with E-state index in [0.29, 0.717) is 31.2 Å². The van der Waals surface area contributed by atoms with Gasteiger partial charge in [-0.1, -0.05) is 0 Å². The van der Waals surface area contributed by atoms with Crippen LogP contribution in [-0.2, 0) is 19.4 Å². The molecule has 1 saturated heterocycles. The highest BCUT2D eigenvalue weighted by Gasteiger charge is 2.33. The van der Waals surface area contributed by atoms with Gasteiger partial charge >= 0.3 is 0 Å². The molecule has 1 aliphatic carbocycles. The molecular weight excluding hydrogens is 312 g/mol. The van der Waals surface area contributed by atoms with Crippen LogP contribution in [0.2, 0.25) is 0 Å². The standard InChI is InChI=1S/C16H18N4O2S/c1-10-17-14(9-23-10)16(22)19-6-11(7-19)8-20-15(21)5-12-3-2-4-13(12)18-20/h5,9,11H,2-4,6-8H2,1H3. The highest BCUT2D eigenvalue weighted by atomic mass is 32.1. The summed E-state index contributed by atoms with van der Waals surface area (Å²) in [7, 11) is 0. The molecule has 0 bridgehead atoms. The highest BCUT2D eigenvalue weighted by molar-refractivity contribution is 7.09. The second-order valence-corrected chi connectivity index (χ2v) is 7.38. The van der Waals surface area contributed by atoms with Crippen molar-refractivity contribution in [3.05, 3.63) is 43.8 Å². The number of thiazole rings is 1. The molecule has 1 aliphatic heterocycles. The summed E-state index contributed by atoms with van der Waals surface area (Å²) in [4.78, 5) is 30.4. The van der Waals surface area contributed by atoms with Gasteiger partial charge in [-0.2, -0.15) is 5.10 Å². The highest BCUT2D eigenvalue weighted by Crippen LogP contribution is 2.22. The summed E-state index contributed by atoms with van der Waals surface area (Å²) in [6, 6.07) is 1.73. The Labute approximate surface area is 137 Å². The Kier molecular flexibility index (Phi) is 3.52. The van der Waals surface area contributed by atoms with Crippen molar-refractivity contribution in [1.82, 2.24) is 19.7 Å². The number of aryl methyl sites for hydroxylation is 3. The van der Waals surface area contributed by atoms with E-state index in [1.165, 1.54) is 11.3 Å². The van der Waals surface area contributed by atoms with Crippen LogP contribution in [0, 0.1) is 12.8 Å². The number of nitrogens with zero attached hydrogens (tertiary/aromatic N) is 4. The van der Waals surface area contributed by atoms with Crippen LogP contribution in [0.1, 0.15) is 33.2 Å².